The van der Waals surface area contributed by atoms with E-state index >= 15 is 0 Å². The summed E-state index contributed by atoms with van der Waals surface area (Å²) in [6.07, 6.45) is 7.07. The molecule has 254 valence electrons. The fourth-order valence-corrected chi connectivity index (χ4v) is 6.79. The number of amides is 2. The van der Waals surface area contributed by atoms with Gasteiger partial charge in [-0.15, -0.1) is 10.2 Å². The largest absolute Gasteiger partial charge is 0.484 e. The number of rotatable bonds is 9. The summed E-state index contributed by atoms with van der Waals surface area (Å²) in [5.41, 5.74) is 3.06. The number of urea groups is 1. The van der Waals surface area contributed by atoms with Crippen LogP contribution in [0.15, 0.2) is 48.7 Å². The Morgan fingerprint density at radius 2 is 1.73 bits per heavy atom. The first-order chi connectivity index (χ1) is 23.0. The second-order valence-corrected chi connectivity index (χ2v) is 14.1. The normalized spacial score (nSPS) is 21.1. The standard InChI is InChI=1S/C36H46N8O4/c1-22-10-8-11-23(2)44(22)35-42-41-32-18-15-24(21-43(32)35)48-29-17-16-27(25-12-6-7-13-26(25)29)37-34(47)40-31-20-30(36(3,4)5)38-33(39-31)28(46)14-9-19-45/h6-7,12-13,15,18,20-23,27,29,45H,8-11,14,16-17,19H2,1-5H3,(H2,37,38,39,40,47)/t22-,23+,27-,29+/m0/s1. The van der Waals surface area contributed by atoms with Gasteiger partial charge in [0, 0.05) is 36.6 Å². The summed E-state index contributed by atoms with van der Waals surface area (Å²) in [6.45, 7) is 10.3. The maximum absolute atomic E-state index is 13.3. The van der Waals surface area contributed by atoms with Crippen molar-refractivity contribution in [3.63, 3.8) is 0 Å². The molecule has 48 heavy (non-hydrogen) atoms. The number of pyridine rings is 1. The van der Waals surface area contributed by atoms with Gasteiger partial charge in [-0.1, -0.05) is 45.0 Å². The predicted octanol–water partition coefficient (Wildman–Crippen LogP) is 6.32. The van der Waals surface area contributed by atoms with Crippen molar-refractivity contribution in [2.24, 2.45) is 0 Å². The molecule has 0 bridgehead atoms. The first kappa shape index (κ1) is 33.3. The lowest BCUT2D eigenvalue weighted by Crippen LogP contribution is -2.44. The van der Waals surface area contributed by atoms with E-state index in [-0.39, 0.29) is 48.0 Å². The number of fused-ring (bicyclic) bond motifs is 2. The fourth-order valence-electron chi connectivity index (χ4n) is 6.79. The summed E-state index contributed by atoms with van der Waals surface area (Å²) >= 11 is 0. The number of carbonyl (C=O) groups excluding carboxylic acids is 2. The number of ketones is 1. The zero-order valence-corrected chi connectivity index (χ0v) is 28.4. The van der Waals surface area contributed by atoms with E-state index in [0.29, 0.717) is 37.0 Å². The van der Waals surface area contributed by atoms with Gasteiger partial charge in [0.2, 0.25) is 5.95 Å². The first-order valence-corrected chi connectivity index (χ1v) is 17.0. The Balaban J connectivity index is 1.18. The van der Waals surface area contributed by atoms with Gasteiger partial charge in [0.25, 0.3) is 0 Å². The van der Waals surface area contributed by atoms with E-state index in [1.807, 2.05) is 61.7 Å². The number of aliphatic hydroxyl groups is 1. The smallest absolute Gasteiger partial charge is 0.320 e. The molecule has 1 saturated heterocycles. The van der Waals surface area contributed by atoms with E-state index in [2.05, 4.69) is 55.6 Å². The van der Waals surface area contributed by atoms with Crippen LogP contribution in [0.3, 0.4) is 0 Å². The molecule has 1 aromatic carbocycles. The third-order valence-electron chi connectivity index (χ3n) is 9.35. The lowest BCUT2D eigenvalue weighted by Gasteiger charge is -2.39. The molecule has 12 heteroatoms. The highest BCUT2D eigenvalue weighted by Gasteiger charge is 2.31. The van der Waals surface area contributed by atoms with Crippen LogP contribution in [0.1, 0.15) is 119 Å². The summed E-state index contributed by atoms with van der Waals surface area (Å²) in [7, 11) is 0. The van der Waals surface area contributed by atoms with Gasteiger partial charge in [-0.3, -0.25) is 14.5 Å². The predicted molar refractivity (Wildman–Crippen MR) is 184 cm³/mol. The number of hydrogen-bond donors (Lipinski definition) is 3. The van der Waals surface area contributed by atoms with Crippen LogP contribution in [-0.2, 0) is 5.41 Å². The molecule has 12 nitrogen and oxygen atoms in total. The lowest BCUT2D eigenvalue weighted by molar-refractivity contribution is 0.0960. The number of aliphatic hydroxyl groups excluding tert-OH is 1. The molecule has 4 atom stereocenters. The molecule has 1 aliphatic carbocycles. The Morgan fingerprint density at radius 1 is 0.979 bits per heavy atom. The molecule has 4 heterocycles. The van der Waals surface area contributed by atoms with Crippen molar-refractivity contribution in [1.82, 2.24) is 29.9 Å². The number of carbonyl (C=O) groups is 2. The van der Waals surface area contributed by atoms with Crippen LogP contribution < -0.4 is 20.3 Å². The van der Waals surface area contributed by atoms with Crippen molar-refractivity contribution >= 4 is 29.2 Å². The molecule has 1 fully saturated rings. The van der Waals surface area contributed by atoms with E-state index in [1.54, 1.807) is 6.07 Å². The van der Waals surface area contributed by atoms with Gasteiger partial charge in [-0.2, -0.15) is 0 Å². The third-order valence-corrected chi connectivity index (χ3v) is 9.35. The van der Waals surface area contributed by atoms with E-state index in [4.69, 9.17) is 9.84 Å². The van der Waals surface area contributed by atoms with Crippen LogP contribution in [0.5, 0.6) is 5.75 Å². The summed E-state index contributed by atoms with van der Waals surface area (Å²) in [5, 5.41) is 24.1. The van der Waals surface area contributed by atoms with Gasteiger partial charge < -0.3 is 20.1 Å². The molecule has 0 radical (unpaired) electrons. The highest BCUT2D eigenvalue weighted by Crippen LogP contribution is 2.39. The van der Waals surface area contributed by atoms with Gasteiger partial charge >= 0.3 is 6.03 Å². The second kappa shape index (κ2) is 13.9. The van der Waals surface area contributed by atoms with E-state index in [1.165, 1.54) is 6.42 Å². The number of anilines is 2. The molecule has 1 aliphatic heterocycles. The molecular weight excluding hydrogens is 608 g/mol. The second-order valence-electron chi connectivity index (χ2n) is 14.1. The molecule has 0 spiro atoms. The van der Waals surface area contributed by atoms with E-state index < -0.39 is 6.03 Å². The Morgan fingerprint density at radius 3 is 2.46 bits per heavy atom. The monoisotopic (exact) mass is 654 g/mol. The van der Waals surface area contributed by atoms with Crippen LogP contribution in [0.2, 0.25) is 0 Å². The maximum Gasteiger partial charge on any atom is 0.320 e. The average molecular weight is 655 g/mol. The van der Waals surface area contributed by atoms with Gasteiger partial charge in [0.15, 0.2) is 17.3 Å². The number of Topliss-reactive ketones (excluding diaryl/α,β-unsaturated/α-hetero) is 1. The van der Waals surface area contributed by atoms with Crippen LogP contribution in [0, 0.1) is 0 Å². The summed E-state index contributed by atoms with van der Waals surface area (Å²) in [5.74, 6) is 1.58. The highest BCUT2D eigenvalue weighted by molar-refractivity contribution is 5.94. The van der Waals surface area contributed by atoms with Crippen molar-refractivity contribution in [3.05, 3.63) is 71.3 Å². The highest BCUT2D eigenvalue weighted by atomic mass is 16.5. The molecule has 2 amide bonds. The van der Waals surface area contributed by atoms with Crippen LogP contribution in [0.4, 0.5) is 16.6 Å². The number of hydrogen-bond acceptors (Lipinski definition) is 9. The number of piperidine rings is 1. The molecule has 3 N–H and O–H groups in total. The topological polar surface area (TPSA) is 147 Å². The number of ether oxygens (including phenoxy) is 1. The maximum atomic E-state index is 13.3. The molecule has 0 unspecified atom stereocenters. The van der Waals surface area contributed by atoms with Crippen LogP contribution in [-0.4, -0.2) is 60.2 Å². The number of nitrogens with zero attached hydrogens (tertiary/aromatic N) is 6. The lowest BCUT2D eigenvalue weighted by atomic mass is 9.85. The Bertz CT molecular complexity index is 1770. The zero-order chi connectivity index (χ0) is 34.0. The minimum Gasteiger partial charge on any atom is -0.484 e. The number of nitrogens with one attached hydrogen (secondary N) is 2. The van der Waals surface area contributed by atoms with Crippen LogP contribution >= 0.6 is 0 Å². The molecule has 2 aliphatic rings. The number of benzene rings is 1. The molecule has 6 rings (SSSR count). The molecule has 3 aromatic heterocycles. The van der Waals surface area contributed by atoms with Gasteiger partial charge in [-0.25, -0.2) is 14.8 Å². The van der Waals surface area contributed by atoms with Crippen molar-refractivity contribution in [3.8, 4) is 5.75 Å². The number of aromatic nitrogens is 5. The van der Waals surface area contributed by atoms with Gasteiger partial charge in [0.1, 0.15) is 17.7 Å². The van der Waals surface area contributed by atoms with Crippen molar-refractivity contribution in [2.75, 3.05) is 16.8 Å². The van der Waals surface area contributed by atoms with E-state index in [9.17, 15) is 9.59 Å². The fraction of sp³-hybridized carbons (Fsp3) is 0.500. The Kier molecular flexibility index (Phi) is 9.63. The first-order valence-electron chi connectivity index (χ1n) is 17.0. The van der Waals surface area contributed by atoms with Crippen molar-refractivity contribution in [2.45, 2.75) is 109 Å². The quantitative estimate of drug-likeness (QED) is 0.177. The minimum absolute atomic E-state index is 0.0333. The van der Waals surface area contributed by atoms with E-state index in [0.717, 1.165) is 41.3 Å². The van der Waals surface area contributed by atoms with Crippen LogP contribution in [0.25, 0.3) is 5.65 Å². The molecule has 0 saturated carbocycles. The Labute approximate surface area is 281 Å². The Hall–Kier alpha value is -4.58. The SMILES string of the molecule is C[C@@H]1CCC[C@H](C)N1c1nnc2ccc(O[C@@H]3CC[C@H](NC(=O)Nc4cc(C(C)(C)C)nc(C(=O)CCCO)n4)c4ccccc43)cn12. The molecular formula is C36H46N8O4. The molecule has 4 aromatic rings. The van der Waals surface area contributed by atoms with Crippen molar-refractivity contribution in [1.29, 1.82) is 0 Å². The minimum atomic E-state index is -0.423. The zero-order valence-electron chi connectivity index (χ0n) is 28.4. The summed E-state index contributed by atoms with van der Waals surface area (Å²) in [4.78, 5) is 37.2. The third kappa shape index (κ3) is 7.13. The summed E-state index contributed by atoms with van der Waals surface area (Å²) in [6, 6.07) is 13.7. The van der Waals surface area contributed by atoms with Gasteiger partial charge in [0.05, 0.1) is 17.9 Å². The van der Waals surface area contributed by atoms with Crippen molar-refractivity contribution < 1.29 is 19.4 Å². The average Bonchev–Trinajstić information content (AvgIpc) is 3.47. The van der Waals surface area contributed by atoms with Gasteiger partial charge in [-0.05, 0) is 75.6 Å². The summed E-state index contributed by atoms with van der Waals surface area (Å²) < 4.78 is 8.65.